The summed E-state index contributed by atoms with van der Waals surface area (Å²) >= 11 is 0. The van der Waals surface area contributed by atoms with E-state index in [-0.39, 0.29) is 24.2 Å². The van der Waals surface area contributed by atoms with E-state index in [2.05, 4.69) is 19.0 Å². The molecule has 0 bridgehead atoms. The molecule has 0 N–H and O–H groups in total. The summed E-state index contributed by atoms with van der Waals surface area (Å²) in [5.41, 5.74) is 1.84. The largest absolute Gasteiger partial charge is 0.495 e. The molecule has 2 aliphatic rings. The molecule has 1 aromatic rings. The van der Waals surface area contributed by atoms with Crippen molar-refractivity contribution in [2.45, 2.75) is 32.6 Å². The van der Waals surface area contributed by atoms with Gasteiger partial charge in [0.25, 0.3) is 0 Å². The molecule has 6 nitrogen and oxygen atoms in total. The van der Waals surface area contributed by atoms with Crippen LogP contribution < -0.4 is 9.64 Å². The Labute approximate surface area is 168 Å². The molecule has 2 amide bonds. The lowest BCUT2D eigenvalue weighted by molar-refractivity contribution is -0.137. The average molecular weight is 388 g/mol. The van der Waals surface area contributed by atoms with Crippen molar-refractivity contribution >= 4 is 17.5 Å². The third-order valence-corrected chi connectivity index (χ3v) is 6.01. The van der Waals surface area contributed by atoms with Crippen molar-refractivity contribution in [2.75, 3.05) is 52.3 Å². The number of anilines is 1. The van der Waals surface area contributed by atoms with Gasteiger partial charge in [0.05, 0.1) is 18.7 Å². The number of hydrogen-bond acceptors (Lipinski definition) is 4. The summed E-state index contributed by atoms with van der Waals surface area (Å²) in [5, 5.41) is 0. The fourth-order valence-corrected chi connectivity index (χ4v) is 4.26. The van der Waals surface area contributed by atoms with E-state index in [9.17, 15) is 9.59 Å². The number of ether oxygens (including phenoxy) is 1. The highest BCUT2D eigenvalue weighted by Crippen LogP contribution is 2.34. The predicted octanol–water partition coefficient (Wildman–Crippen LogP) is 2.55. The third-order valence-electron chi connectivity index (χ3n) is 6.01. The van der Waals surface area contributed by atoms with Crippen molar-refractivity contribution in [3.8, 4) is 5.75 Å². The number of benzene rings is 1. The van der Waals surface area contributed by atoms with Gasteiger partial charge in [0, 0.05) is 26.1 Å². The SMILES string of the molecule is COc1ccc(C)cc1N1CC(C(=O)N2CCC(CCN(C)C)CC2)CC1=O. The summed E-state index contributed by atoms with van der Waals surface area (Å²) in [4.78, 5) is 31.6. The van der Waals surface area contributed by atoms with Crippen LogP contribution in [0, 0.1) is 18.8 Å². The molecule has 0 aliphatic carbocycles. The van der Waals surface area contributed by atoms with Crippen LogP contribution in [-0.2, 0) is 9.59 Å². The molecular formula is C22H33N3O3. The highest BCUT2D eigenvalue weighted by molar-refractivity contribution is 6.01. The molecular weight excluding hydrogens is 354 g/mol. The predicted molar refractivity (Wildman–Crippen MR) is 111 cm³/mol. The number of carbonyl (C=O) groups excluding carboxylic acids is 2. The molecule has 0 aromatic heterocycles. The lowest BCUT2D eigenvalue weighted by atomic mass is 9.92. The first-order chi connectivity index (χ1) is 13.4. The molecule has 28 heavy (non-hydrogen) atoms. The number of rotatable bonds is 6. The topological polar surface area (TPSA) is 53.1 Å². The number of methoxy groups -OCH3 is 1. The molecule has 2 fully saturated rings. The van der Waals surface area contributed by atoms with Crippen molar-refractivity contribution in [1.82, 2.24) is 9.80 Å². The molecule has 2 aliphatic heterocycles. The zero-order chi connectivity index (χ0) is 20.3. The van der Waals surface area contributed by atoms with Gasteiger partial charge < -0.3 is 19.4 Å². The first-order valence-corrected chi connectivity index (χ1v) is 10.3. The van der Waals surface area contributed by atoms with Crippen LogP contribution in [0.5, 0.6) is 5.75 Å². The minimum absolute atomic E-state index is 0.00289. The quantitative estimate of drug-likeness (QED) is 0.753. The van der Waals surface area contributed by atoms with E-state index in [1.54, 1.807) is 12.0 Å². The summed E-state index contributed by atoms with van der Waals surface area (Å²) in [6, 6.07) is 5.80. The van der Waals surface area contributed by atoms with Crippen LogP contribution in [0.2, 0.25) is 0 Å². The Morgan fingerprint density at radius 2 is 1.96 bits per heavy atom. The molecule has 0 radical (unpaired) electrons. The molecule has 1 atom stereocenters. The Kier molecular flexibility index (Phi) is 6.60. The number of piperidine rings is 1. The van der Waals surface area contributed by atoms with Crippen molar-refractivity contribution in [3.05, 3.63) is 23.8 Å². The Bertz CT molecular complexity index is 711. The zero-order valence-electron chi connectivity index (χ0n) is 17.6. The smallest absolute Gasteiger partial charge is 0.228 e. The Balaban J connectivity index is 1.60. The van der Waals surface area contributed by atoms with E-state index in [4.69, 9.17) is 4.74 Å². The van der Waals surface area contributed by atoms with Gasteiger partial charge in [-0.3, -0.25) is 9.59 Å². The summed E-state index contributed by atoms with van der Waals surface area (Å²) in [7, 11) is 5.81. The summed E-state index contributed by atoms with van der Waals surface area (Å²) in [6.07, 6.45) is 3.61. The van der Waals surface area contributed by atoms with E-state index in [0.29, 0.717) is 18.2 Å². The molecule has 6 heteroatoms. The number of nitrogens with zero attached hydrogens (tertiary/aromatic N) is 3. The number of hydrogen-bond donors (Lipinski definition) is 0. The summed E-state index contributed by atoms with van der Waals surface area (Å²) in [5.74, 6) is 1.26. The average Bonchev–Trinajstić information content (AvgIpc) is 3.07. The monoisotopic (exact) mass is 387 g/mol. The van der Waals surface area contributed by atoms with Crippen molar-refractivity contribution in [1.29, 1.82) is 0 Å². The normalized spacial score (nSPS) is 20.9. The first kappa shape index (κ1) is 20.6. The molecule has 2 heterocycles. The number of aryl methyl sites for hydroxylation is 1. The molecule has 0 saturated carbocycles. The molecule has 1 aromatic carbocycles. The van der Waals surface area contributed by atoms with E-state index < -0.39 is 0 Å². The molecule has 3 rings (SSSR count). The maximum Gasteiger partial charge on any atom is 0.228 e. The standard InChI is InChI=1S/C22H33N3O3/c1-16-5-6-20(28-4)19(13-16)25-15-18(14-21(25)26)22(27)24-11-8-17(9-12-24)7-10-23(2)3/h5-6,13,17-18H,7-12,14-15H2,1-4H3. The van der Waals surface area contributed by atoms with Crippen LogP contribution in [0.15, 0.2) is 18.2 Å². The first-order valence-electron chi connectivity index (χ1n) is 10.3. The Hall–Kier alpha value is -2.08. The molecule has 2 saturated heterocycles. The second kappa shape index (κ2) is 8.95. The second-order valence-corrected chi connectivity index (χ2v) is 8.44. The van der Waals surface area contributed by atoms with Gasteiger partial charge in [-0.2, -0.15) is 0 Å². The minimum Gasteiger partial charge on any atom is -0.495 e. The van der Waals surface area contributed by atoms with Gasteiger partial charge in [0.2, 0.25) is 11.8 Å². The third kappa shape index (κ3) is 4.66. The van der Waals surface area contributed by atoms with Crippen LogP contribution in [-0.4, -0.2) is 69.0 Å². The van der Waals surface area contributed by atoms with E-state index in [0.717, 1.165) is 43.7 Å². The van der Waals surface area contributed by atoms with Gasteiger partial charge >= 0.3 is 0 Å². The summed E-state index contributed by atoms with van der Waals surface area (Å²) < 4.78 is 5.43. The summed E-state index contributed by atoms with van der Waals surface area (Å²) in [6.45, 7) is 5.17. The fourth-order valence-electron chi connectivity index (χ4n) is 4.26. The lowest BCUT2D eigenvalue weighted by Gasteiger charge is -2.34. The van der Waals surface area contributed by atoms with Crippen LogP contribution >= 0.6 is 0 Å². The van der Waals surface area contributed by atoms with Gasteiger partial charge in [-0.15, -0.1) is 0 Å². The maximum absolute atomic E-state index is 13.0. The Morgan fingerprint density at radius 1 is 1.25 bits per heavy atom. The van der Waals surface area contributed by atoms with Crippen molar-refractivity contribution in [3.63, 3.8) is 0 Å². The van der Waals surface area contributed by atoms with E-state index >= 15 is 0 Å². The molecule has 154 valence electrons. The number of likely N-dealkylation sites (tertiary alicyclic amines) is 1. The number of amides is 2. The highest BCUT2D eigenvalue weighted by Gasteiger charge is 2.38. The van der Waals surface area contributed by atoms with Crippen LogP contribution in [0.25, 0.3) is 0 Å². The van der Waals surface area contributed by atoms with Gasteiger partial charge in [-0.05, 0) is 70.4 Å². The van der Waals surface area contributed by atoms with Crippen LogP contribution in [0.4, 0.5) is 5.69 Å². The minimum atomic E-state index is -0.254. The van der Waals surface area contributed by atoms with Crippen molar-refractivity contribution < 1.29 is 14.3 Å². The highest BCUT2D eigenvalue weighted by atomic mass is 16.5. The van der Waals surface area contributed by atoms with Gasteiger partial charge in [-0.25, -0.2) is 0 Å². The lowest BCUT2D eigenvalue weighted by Crippen LogP contribution is -2.42. The van der Waals surface area contributed by atoms with Crippen LogP contribution in [0.3, 0.4) is 0 Å². The van der Waals surface area contributed by atoms with Gasteiger partial charge in [-0.1, -0.05) is 6.07 Å². The zero-order valence-corrected chi connectivity index (χ0v) is 17.6. The Morgan fingerprint density at radius 3 is 2.61 bits per heavy atom. The van der Waals surface area contributed by atoms with E-state index in [1.807, 2.05) is 30.0 Å². The van der Waals surface area contributed by atoms with Gasteiger partial charge in [0.1, 0.15) is 5.75 Å². The molecule has 1 unspecified atom stereocenters. The van der Waals surface area contributed by atoms with E-state index in [1.165, 1.54) is 6.42 Å². The second-order valence-electron chi connectivity index (χ2n) is 8.44. The van der Waals surface area contributed by atoms with Gasteiger partial charge in [0.15, 0.2) is 0 Å². The number of carbonyl (C=O) groups is 2. The van der Waals surface area contributed by atoms with Crippen molar-refractivity contribution in [2.24, 2.45) is 11.8 Å². The fraction of sp³-hybridized carbons (Fsp3) is 0.636. The van der Waals surface area contributed by atoms with Crippen LogP contribution in [0.1, 0.15) is 31.2 Å². The maximum atomic E-state index is 13.0. The molecule has 0 spiro atoms.